The molecule has 0 spiro atoms. The summed E-state index contributed by atoms with van der Waals surface area (Å²) in [5.74, 6) is -0.984. The molecule has 7 nitrogen and oxygen atoms in total. The lowest BCUT2D eigenvalue weighted by atomic mass is 9.90. The fourth-order valence-corrected chi connectivity index (χ4v) is 2.81. The second-order valence-electron chi connectivity index (χ2n) is 5.17. The molecule has 7 heteroatoms. The molecule has 1 aromatic rings. The van der Waals surface area contributed by atoms with Crippen molar-refractivity contribution in [2.45, 2.75) is 25.8 Å². The molecule has 110 valence electrons. The first-order chi connectivity index (χ1) is 9.95. The first kappa shape index (κ1) is 14.8. The van der Waals surface area contributed by atoms with Crippen molar-refractivity contribution in [3.63, 3.8) is 0 Å². The van der Waals surface area contributed by atoms with Crippen molar-refractivity contribution in [2.75, 3.05) is 11.4 Å². The zero-order chi connectivity index (χ0) is 15.6. The van der Waals surface area contributed by atoms with E-state index in [0.717, 1.165) is 12.8 Å². The summed E-state index contributed by atoms with van der Waals surface area (Å²) >= 11 is 0. The van der Waals surface area contributed by atoms with Gasteiger partial charge in [0.05, 0.1) is 16.2 Å². The molecular weight excluding hydrogens is 274 g/mol. The summed E-state index contributed by atoms with van der Waals surface area (Å²) in [6.45, 7) is 2.39. The average molecular weight is 289 g/mol. The summed E-state index contributed by atoms with van der Waals surface area (Å²) in [7, 11) is 0. The molecule has 0 amide bonds. The number of carbonyl (C=O) groups is 1. The van der Waals surface area contributed by atoms with E-state index in [2.05, 4.69) is 0 Å². The van der Waals surface area contributed by atoms with Gasteiger partial charge in [-0.2, -0.15) is 5.26 Å². The summed E-state index contributed by atoms with van der Waals surface area (Å²) in [4.78, 5) is 23.4. The predicted octanol–water partition coefficient (Wildman–Crippen LogP) is 2.16. The monoisotopic (exact) mass is 289 g/mol. The standard InChI is InChI=1S/C14H15N3O4/c1-9-3-2-6-16(13(9)14(18)19)12-5-4-11(17(20)21)7-10(12)8-15/h4-5,7,9,13H,2-3,6H2,1H3,(H,18,19). The third-order valence-electron chi connectivity index (χ3n) is 3.81. The molecule has 0 saturated carbocycles. The lowest BCUT2D eigenvalue weighted by Crippen LogP contribution is -2.49. The van der Waals surface area contributed by atoms with Crippen LogP contribution in [0.15, 0.2) is 18.2 Å². The number of nitro groups is 1. The average Bonchev–Trinajstić information content (AvgIpc) is 2.45. The molecule has 1 saturated heterocycles. The number of piperidine rings is 1. The van der Waals surface area contributed by atoms with E-state index in [1.54, 1.807) is 4.90 Å². The minimum absolute atomic E-state index is 0.0435. The fourth-order valence-electron chi connectivity index (χ4n) is 2.81. The highest BCUT2D eigenvalue weighted by Gasteiger charge is 2.35. The fraction of sp³-hybridized carbons (Fsp3) is 0.429. The van der Waals surface area contributed by atoms with Gasteiger partial charge in [0, 0.05) is 18.7 Å². The smallest absolute Gasteiger partial charge is 0.326 e. The molecule has 2 rings (SSSR count). The number of carboxylic acid groups (broad SMARTS) is 1. The number of rotatable bonds is 3. The second kappa shape index (κ2) is 5.79. The van der Waals surface area contributed by atoms with Crippen LogP contribution in [-0.2, 0) is 4.79 Å². The maximum Gasteiger partial charge on any atom is 0.326 e. The van der Waals surface area contributed by atoms with Gasteiger partial charge >= 0.3 is 5.97 Å². The summed E-state index contributed by atoms with van der Waals surface area (Å²) in [6.07, 6.45) is 1.63. The predicted molar refractivity (Wildman–Crippen MR) is 75.0 cm³/mol. The molecule has 2 unspecified atom stereocenters. The molecule has 1 fully saturated rings. The van der Waals surface area contributed by atoms with Gasteiger partial charge < -0.3 is 10.0 Å². The van der Waals surface area contributed by atoms with Crippen LogP contribution in [0.1, 0.15) is 25.3 Å². The molecule has 0 aliphatic carbocycles. The van der Waals surface area contributed by atoms with Crippen LogP contribution in [0.3, 0.4) is 0 Å². The van der Waals surface area contributed by atoms with Crippen molar-refractivity contribution in [3.8, 4) is 6.07 Å². The molecule has 2 atom stereocenters. The van der Waals surface area contributed by atoms with Gasteiger partial charge in [0.2, 0.25) is 0 Å². The van der Waals surface area contributed by atoms with E-state index in [4.69, 9.17) is 0 Å². The Morgan fingerprint density at radius 1 is 1.57 bits per heavy atom. The second-order valence-corrected chi connectivity index (χ2v) is 5.17. The van der Waals surface area contributed by atoms with E-state index < -0.39 is 16.9 Å². The zero-order valence-electron chi connectivity index (χ0n) is 11.5. The van der Waals surface area contributed by atoms with E-state index in [1.165, 1.54) is 18.2 Å². The number of aliphatic carboxylic acids is 1. The van der Waals surface area contributed by atoms with Gasteiger partial charge in [0.25, 0.3) is 5.69 Å². The number of benzene rings is 1. The van der Waals surface area contributed by atoms with Crippen molar-refractivity contribution < 1.29 is 14.8 Å². The van der Waals surface area contributed by atoms with Crippen molar-refractivity contribution in [1.82, 2.24) is 0 Å². The van der Waals surface area contributed by atoms with Crippen LogP contribution in [0.2, 0.25) is 0 Å². The topological polar surface area (TPSA) is 107 Å². The summed E-state index contributed by atoms with van der Waals surface area (Å²) in [5.41, 5.74) is 0.402. The van der Waals surface area contributed by atoms with Crippen LogP contribution >= 0.6 is 0 Å². The minimum atomic E-state index is -0.940. The Bertz CT molecular complexity index is 623. The highest BCUT2D eigenvalue weighted by molar-refractivity contribution is 5.80. The van der Waals surface area contributed by atoms with Gasteiger partial charge in [0.1, 0.15) is 12.1 Å². The Hall–Kier alpha value is -2.62. The SMILES string of the molecule is CC1CCCN(c2ccc([N+](=O)[O-])cc2C#N)C1C(=O)O. The van der Waals surface area contributed by atoms with Gasteiger partial charge in [-0.3, -0.25) is 10.1 Å². The summed E-state index contributed by atoms with van der Waals surface area (Å²) in [6, 6.07) is 5.16. The molecule has 21 heavy (non-hydrogen) atoms. The number of carboxylic acids is 1. The van der Waals surface area contributed by atoms with Gasteiger partial charge in [-0.25, -0.2) is 4.79 Å². The molecule has 0 bridgehead atoms. The summed E-state index contributed by atoms with van der Waals surface area (Å²) in [5, 5.41) is 29.4. The number of nitrogens with zero attached hydrogens (tertiary/aromatic N) is 3. The van der Waals surface area contributed by atoms with Crippen LogP contribution in [0.4, 0.5) is 11.4 Å². The van der Waals surface area contributed by atoms with Gasteiger partial charge in [0.15, 0.2) is 0 Å². The number of anilines is 1. The minimum Gasteiger partial charge on any atom is -0.480 e. The maximum absolute atomic E-state index is 11.5. The quantitative estimate of drug-likeness (QED) is 0.674. The number of hydrogen-bond donors (Lipinski definition) is 1. The highest BCUT2D eigenvalue weighted by Crippen LogP contribution is 2.32. The van der Waals surface area contributed by atoms with Crippen LogP contribution in [-0.4, -0.2) is 28.6 Å². The molecule has 1 aliphatic rings. The van der Waals surface area contributed by atoms with Gasteiger partial charge in [-0.1, -0.05) is 6.92 Å². The van der Waals surface area contributed by atoms with E-state index >= 15 is 0 Å². The van der Waals surface area contributed by atoms with E-state index in [0.29, 0.717) is 12.2 Å². The highest BCUT2D eigenvalue weighted by atomic mass is 16.6. The van der Waals surface area contributed by atoms with E-state index in [9.17, 15) is 25.3 Å². The first-order valence-corrected chi connectivity index (χ1v) is 6.63. The largest absolute Gasteiger partial charge is 0.480 e. The molecule has 1 heterocycles. The third kappa shape index (κ3) is 2.79. The van der Waals surface area contributed by atoms with Gasteiger partial charge in [-0.05, 0) is 24.8 Å². The Labute approximate surface area is 121 Å². The molecular formula is C14H15N3O4. The normalized spacial score (nSPS) is 21.6. The van der Waals surface area contributed by atoms with Crippen LogP contribution in [0.25, 0.3) is 0 Å². The van der Waals surface area contributed by atoms with Crippen LogP contribution < -0.4 is 4.90 Å². The van der Waals surface area contributed by atoms with Crippen molar-refractivity contribution >= 4 is 17.3 Å². The molecule has 1 aromatic carbocycles. The number of nitriles is 1. The number of nitro benzene ring substituents is 1. The van der Waals surface area contributed by atoms with Crippen LogP contribution in [0, 0.1) is 27.4 Å². The molecule has 0 radical (unpaired) electrons. The Morgan fingerprint density at radius 3 is 2.86 bits per heavy atom. The lowest BCUT2D eigenvalue weighted by molar-refractivity contribution is -0.384. The zero-order valence-corrected chi connectivity index (χ0v) is 11.5. The number of hydrogen-bond acceptors (Lipinski definition) is 5. The Kier molecular flexibility index (Phi) is 4.08. The van der Waals surface area contributed by atoms with Crippen LogP contribution in [0.5, 0.6) is 0 Å². The third-order valence-corrected chi connectivity index (χ3v) is 3.81. The Balaban J connectivity index is 2.46. The molecule has 1 aliphatic heterocycles. The maximum atomic E-state index is 11.5. The van der Waals surface area contributed by atoms with Crippen molar-refractivity contribution in [3.05, 3.63) is 33.9 Å². The Morgan fingerprint density at radius 2 is 2.29 bits per heavy atom. The number of non-ortho nitro benzene ring substituents is 1. The van der Waals surface area contributed by atoms with E-state index in [1.807, 2.05) is 13.0 Å². The summed E-state index contributed by atoms with van der Waals surface area (Å²) < 4.78 is 0. The first-order valence-electron chi connectivity index (χ1n) is 6.63. The van der Waals surface area contributed by atoms with Crippen molar-refractivity contribution in [2.24, 2.45) is 5.92 Å². The van der Waals surface area contributed by atoms with E-state index in [-0.39, 0.29) is 17.2 Å². The van der Waals surface area contributed by atoms with Gasteiger partial charge in [-0.15, -0.1) is 0 Å². The lowest BCUT2D eigenvalue weighted by Gasteiger charge is -2.39. The van der Waals surface area contributed by atoms with Crippen molar-refractivity contribution in [1.29, 1.82) is 5.26 Å². The molecule has 1 N–H and O–H groups in total. The molecule has 0 aromatic heterocycles.